The zero-order valence-corrected chi connectivity index (χ0v) is 18.0. The Kier molecular flexibility index (Phi) is 9.21. The summed E-state index contributed by atoms with van der Waals surface area (Å²) in [5, 5.41) is 7.64. The Morgan fingerprint density at radius 1 is 1.00 bits per heavy atom. The first-order valence-corrected chi connectivity index (χ1v) is 12.3. The molecule has 0 aliphatic carbocycles. The molecule has 0 aliphatic heterocycles. The molecule has 1 heterocycles. The fourth-order valence-electron chi connectivity index (χ4n) is 3.12. The van der Waals surface area contributed by atoms with Crippen LogP contribution in [-0.4, -0.2) is 18.6 Å². The van der Waals surface area contributed by atoms with E-state index in [-0.39, 0.29) is 10.0 Å². The zero-order valence-electron chi connectivity index (χ0n) is 16.4. The van der Waals surface area contributed by atoms with Gasteiger partial charge in [0.1, 0.15) is 5.51 Å². The molecule has 1 aromatic heterocycles. The smallest absolute Gasteiger partial charge is 0.253 e. The Bertz CT molecular complexity index is 744. The van der Waals surface area contributed by atoms with E-state index in [1.165, 1.54) is 62.4 Å². The largest absolute Gasteiger partial charge is 0.263 e. The molecule has 0 aliphatic rings. The molecule has 7 heteroatoms. The number of anilines is 1. The summed E-state index contributed by atoms with van der Waals surface area (Å²) in [6.45, 7) is 4.46. The Labute approximate surface area is 167 Å². The van der Waals surface area contributed by atoms with Crippen molar-refractivity contribution in [2.45, 2.75) is 82.4 Å². The van der Waals surface area contributed by atoms with Gasteiger partial charge in [-0.15, -0.1) is 10.2 Å². The van der Waals surface area contributed by atoms with Crippen LogP contribution in [0.2, 0.25) is 0 Å². The molecule has 0 saturated heterocycles. The molecule has 150 valence electrons. The molecular formula is C20H31N3O2S2. The van der Waals surface area contributed by atoms with Gasteiger partial charge in [-0.05, 0) is 30.0 Å². The minimum Gasteiger partial charge on any atom is -0.253 e. The number of sulfonamides is 1. The maximum Gasteiger partial charge on any atom is 0.263 e. The highest BCUT2D eigenvalue weighted by atomic mass is 32.2. The van der Waals surface area contributed by atoms with E-state index in [0.29, 0.717) is 5.92 Å². The number of rotatable bonds is 13. The molecule has 27 heavy (non-hydrogen) atoms. The monoisotopic (exact) mass is 409 g/mol. The lowest BCUT2D eigenvalue weighted by Crippen LogP contribution is -2.12. The summed E-state index contributed by atoms with van der Waals surface area (Å²) in [6.07, 6.45) is 11.7. The Morgan fingerprint density at radius 3 is 2.22 bits per heavy atom. The molecular weight excluding hydrogens is 378 g/mol. The van der Waals surface area contributed by atoms with Gasteiger partial charge in [0.05, 0.1) is 4.90 Å². The predicted molar refractivity (Wildman–Crippen MR) is 113 cm³/mol. The molecule has 0 amide bonds. The second-order valence-corrected chi connectivity index (χ2v) is 9.60. The Morgan fingerprint density at radius 2 is 1.63 bits per heavy atom. The van der Waals surface area contributed by atoms with Crippen LogP contribution < -0.4 is 4.72 Å². The molecule has 5 nitrogen and oxygen atoms in total. The SMILES string of the molecule is CCCCCCCCCCC(C)c1ccc(S(=O)(=O)Nc2nncs2)cc1. The van der Waals surface area contributed by atoms with Gasteiger partial charge in [0.25, 0.3) is 10.0 Å². The summed E-state index contributed by atoms with van der Waals surface area (Å²) in [5.74, 6) is 0.443. The van der Waals surface area contributed by atoms with Gasteiger partial charge in [0, 0.05) is 0 Å². The third-order valence-corrected chi connectivity index (χ3v) is 6.92. The average molecular weight is 410 g/mol. The first-order chi connectivity index (χ1) is 13.0. The van der Waals surface area contributed by atoms with Crippen LogP contribution in [0.25, 0.3) is 0 Å². The summed E-state index contributed by atoms with van der Waals surface area (Å²) in [5.41, 5.74) is 2.68. The number of unbranched alkanes of at least 4 members (excludes halogenated alkanes) is 7. The van der Waals surface area contributed by atoms with Crippen LogP contribution in [0.15, 0.2) is 34.7 Å². The summed E-state index contributed by atoms with van der Waals surface area (Å²) in [7, 11) is -3.60. The predicted octanol–water partition coefficient (Wildman–Crippen LogP) is 5.97. The molecule has 0 spiro atoms. The zero-order chi connectivity index (χ0) is 19.5. The summed E-state index contributed by atoms with van der Waals surface area (Å²) in [4.78, 5) is 0.251. The van der Waals surface area contributed by atoms with Crippen molar-refractivity contribution in [3.8, 4) is 0 Å². The van der Waals surface area contributed by atoms with Crippen molar-refractivity contribution >= 4 is 26.5 Å². The minimum absolute atomic E-state index is 0.251. The topological polar surface area (TPSA) is 72.0 Å². The van der Waals surface area contributed by atoms with E-state index in [0.717, 1.165) is 17.8 Å². The standard InChI is InChI=1S/C20H31N3O2S2/c1-3-4-5-6-7-8-9-10-11-17(2)18-12-14-19(15-13-18)27(24,25)23-20-22-21-16-26-20/h12-17H,3-11H2,1-2H3,(H,22,23). The van der Waals surface area contributed by atoms with Gasteiger partial charge in [-0.1, -0.05) is 88.7 Å². The highest BCUT2D eigenvalue weighted by Gasteiger charge is 2.16. The minimum atomic E-state index is -3.60. The van der Waals surface area contributed by atoms with Crippen LogP contribution in [0.5, 0.6) is 0 Å². The van der Waals surface area contributed by atoms with Crippen molar-refractivity contribution in [1.82, 2.24) is 10.2 Å². The number of hydrogen-bond donors (Lipinski definition) is 1. The molecule has 1 aromatic carbocycles. The van der Waals surface area contributed by atoms with E-state index in [1.807, 2.05) is 12.1 Å². The lowest BCUT2D eigenvalue weighted by atomic mass is 9.95. The van der Waals surface area contributed by atoms with Crippen LogP contribution in [0, 0.1) is 0 Å². The van der Waals surface area contributed by atoms with Crippen LogP contribution in [0.1, 0.15) is 83.1 Å². The fraction of sp³-hybridized carbons (Fsp3) is 0.600. The molecule has 0 bridgehead atoms. The Hall–Kier alpha value is -1.47. The third kappa shape index (κ3) is 7.58. The number of nitrogens with one attached hydrogen (secondary N) is 1. The lowest BCUT2D eigenvalue weighted by molar-refractivity contribution is 0.543. The first kappa shape index (κ1) is 21.8. The molecule has 0 radical (unpaired) electrons. The van der Waals surface area contributed by atoms with Crippen LogP contribution in [0.3, 0.4) is 0 Å². The quantitative estimate of drug-likeness (QED) is 0.413. The van der Waals surface area contributed by atoms with Gasteiger partial charge >= 0.3 is 0 Å². The maximum absolute atomic E-state index is 12.3. The van der Waals surface area contributed by atoms with E-state index in [2.05, 4.69) is 28.8 Å². The maximum atomic E-state index is 12.3. The lowest BCUT2D eigenvalue weighted by Gasteiger charge is -2.13. The van der Waals surface area contributed by atoms with Crippen molar-refractivity contribution in [1.29, 1.82) is 0 Å². The van der Waals surface area contributed by atoms with Gasteiger partial charge in [0.15, 0.2) is 0 Å². The number of benzene rings is 1. The van der Waals surface area contributed by atoms with Gasteiger partial charge in [-0.2, -0.15) is 0 Å². The average Bonchev–Trinajstić information content (AvgIpc) is 3.16. The van der Waals surface area contributed by atoms with Crippen LogP contribution >= 0.6 is 11.3 Å². The van der Waals surface area contributed by atoms with Crippen LogP contribution in [-0.2, 0) is 10.0 Å². The van der Waals surface area contributed by atoms with Gasteiger partial charge in [0.2, 0.25) is 5.13 Å². The number of hydrogen-bond acceptors (Lipinski definition) is 5. The molecule has 2 rings (SSSR count). The Balaban J connectivity index is 1.75. The summed E-state index contributed by atoms with van der Waals surface area (Å²) < 4.78 is 27.1. The first-order valence-electron chi connectivity index (χ1n) is 9.92. The van der Waals surface area contributed by atoms with E-state index in [1.54, 1.807) is 12.1 Å². The van der Waals surface area contributed by atoms with E-state index in [9.17, 15) is 8.42 Å². The van der Waals surface area contributed by atoms with Crippen molar-refractivity contribution in [3.63, 3.8) is 0 Å². The fourth-order valence-corrected chi connectivity index (χ4v) is 4.81. The van der Waals surface area contributed by atoms with Gasteiger partial charge in [-0.25, -0.2) is 8.42 Å². The normalized spacial score (nSPS) is 12.8. The van der Waals surface area contributed by atoms with Crippen molar-refractivity contribution in [2.75, 3.05) is 4.72 Å². The highest BCUT2D eigenvalue weighted by molar-refractivity contribution is 7.93. The van der Waals surface area contributed by atoms with Crippen molar-refractivity contribution in [2.24, 2.45) is 0 Å². The second kappa shape index (κ2) is 11.4. The third-order valence-electron chi connectivity index (χ3n) is 4.83. The number of nitrogens with zero attached hydrogens (tertiary/aromatic N) is 2. The van der Waals surface area contributed by atoms with Crippen molar-refractivity contribution in [3.05, 3.63) is 35.3 Å². The number of aromatic nitrogens is 2. The molecule has 0 fully saturated rings. The molecule has 1 N–H and O–H groups in total. The van der Waals surface area contributed by atoms with Crippen LogP contribution in [0.4, 0.5) is 5.13 Å². The van der Waals surface area contributed by atoms with E-state index < -0.39 is 10.0 Å². The second-order valence-electron chi connectivity index (χ2n) is 7.08. The molecule has 0 saturated carbocycles. The van der Waals surface area contributed by atoms with Gasteiger partial charge in [-0.3, -0.25) is 4.72 Å². The molecule has 2 aromatic rings. The summed E-state index contributed by atoms with van der Waals surface area (Å²) >= 11 is 1.16. The van der Waals surface area contributed by atoms with E-state index in [4.69, 9.17) is 0 Å². The molecule has 1 unspecified atom stereocenters. The summed E-state index contributed by atoms with van der Waals surface area (Å²) in [6, 6.07) is 7.18. The van der Waals surface area contributed by atoms with Crippen molar-refractivity contribution < 1.29 is 8.42 Å². The van der Waals surface area contributed by atoms with E-state index >= 15 is 0 Å². The van der Waals surface area contributed by atoms with Gasteiger partial charge < -0.3 is 0 Å². The molecule has 1 atom stereocenters. The highest BCUT2D eigenvalue weighted by Crippen LogP contribution is 2.24.